The lowest BCUT2D eigenvalue weighted by Crippen LogP contribution is -2.34. The predicted octanol–water partition coefficient (Wildman–Crippen LogP) is 5.50. The van der Waals surface area contributed by atoms with E-state index in [0.29, 0.717) is 18.7 Å². The van der Waals surface area contributed by atoms with Crippen LogP contribution < -0.4 is 4.90 Å². The van der Waals surface area contributed by atoms with Crippen molar-refractivity contribution < 1.29 is 4.79 Å². The maximum absolute atomic E-state index is 12.3. The van der Waals surface area contributed by atoms with Crippen LogP contribution in [0.5, 0.6) is 0 Å². The summed E-state index contributed by atoms with van der Waals surface area (Å²) in [6.45, 7) is 9.78. The number of carbonyl (C=O) groups is 1. The molecule has 0 aliphatic carbocycles. The minimum absolute atomic E-state index is 0.0432. The molecule has 152 valence electrons. The highest BCUT2D eigenvalue weighted by Crippen LogP contribution is 2.48. The third kappa shape index (κ3) is 3.66. The van der Waals surface area contributed by atoms with Crippen LogP contribution in [-0.4, -0.2) is 23.4 Å². The lowest BCUT2D eigenvalue weighted by atomic mass is 9.87. The Morgan fingerprint density at radius 1 is 1.03 bits per heavy atom. The van der Waals surface area contributed by atoms with Crippen LogP contribution in [0.1, 0.15) is 62.9 Å². The average Bonchev–Trinajstić information content (AvgIpc) is 3.14. The number of benzene rings is 2. The van der Waals surface area contributed by atoms with E-state index in [1.54, 1.807) is 0 Å². The van der Waals surface area contributed by atoms with Crippen molar-refractivity contribution >= 4 is 11.5 Å². The Morgan fingerprint density at radius 3 is 2.45 bits per heavy atom. The van der Waals surface area contributed by atoms with Gasteiger partial charge in [0.05, 0.1) is 0 Å². The van der Waals surface area contributed by atoms with Gasteiger partial charge in [-0.1, -0.05) is 61.5 Å². The molecular weight excluding hydrogens is 360 g/mol. The normalized spacial score (nSPS) is 20.3. The molecule has 29 heavy (non-hydrogen) atoms. The molecule has 0 bridgehead atoms. The van der Waals surface area contributed by atoms with Crippen LogP contribution in [0.25, 0.3) is 0 Å². The van der Waals surface area contributed by atoms with Gasteiger partial charge < -0.3 is 4.90 Å². The molecule has 2 atom stereocenters. The van der Waals surface area contributed by atoms with Gasteiger partial charge in [0.1, 0.15) is 17.9 Å². The van der Waals surface area contributed by atoms with E-state index in [2.05, 4.69) is 77.5 Å². The molecule has 5 nitrogen and oxygen atoms in total. The van der Waals surface area contributed by atoms with Crippen molar-refractivity contribution in [1.29, 1.82) is 0 Å². The molecule has 0 aromatic heterocycles. The fraction of sp³-hybridized carbons (Fsp3) is 0.458. The summed E-state index contributed by atoms with van der Waals surface area (Å²) < 4.78 is 0. The van der Waals surface area contributed by atoms with Gasteiger partial charge in [-0.3, -0.25) is 9.80 Å². The van der Waals surface area contributed by atoms with Crippen molar-refractivity contribution in [2.24, 2.45) is 16.3 Å². The molecule has 2 aliphatic rings. The van der Waals surface area contributed by atoms with Crippen molar-refractivity contribution in [2.45, 2.75) is 58.8 Å². The van der Waals surface area contributed by atoms with E-state index in [0.717, 1.165) is 12.2 Å². The van der Waals surface area contributed by atoms with Crippen LogP contribution >= 0.6 is 0 Å². The van der Waals surface area contributed by atoms with Crippen molar-refractivity contribution in [1.82, 2.24) is 5.01 Å². The second kappa shape index (κ2) is 7.97. The summed E-state index contributed by atoms with van der Waals surface area (Å²) in [5, 5.41) is 11.4. The molecule has 0 radical (unpaired) electrons. The largest absolute Gasteiger partial charge is 0.366 e. The number of para-hydroxylation sites is 1. The average molecular weight is 391 g/mol. The summed E-state index contributed by atoms with van der Waals surface area (Å²) in [6, 6.07) is 17.4. The molecule has 2 heterocycles. The zero-order chi connectivity index (χ0) is 20.5. The molecule has 4 rings (SSSR count). The molecule has 0 N–H and O–H groups in total. The predicted molar refractivity (Wildman–Crippen MR) is 116 cm³/mol. The minimum Gasteiger partial charge on any atom is -0.366 e. The third-order valence-electron chi connectivity index (χ3n) is 6.00. The summed E-state index contributed by atoms with van der Waals surface area (Å²) in [5.74, 6) is 0.377. The van der Waals surface area contributed by atoms with Crippen LogP contribution in [-0.2, 0) is 11.3 Å². The van der Waals surface area contributed by atoms with Crippen LogP contribution in [0.2, 0.25) is 0 Å². The Balaban J connectivity index is 1.79. The smallest absolute Gasteiger partial charge is 0.137 e. The first-order valence-corrected chi connectivity index (χ1v) is 10.6. The number of nitrogens with zero attached hydrogens (tertiary/aromatic N) is 4. The molecule has 2 aromatic rings. The molecule has 5 heteroatoms. The highest BCUT2D eigenvalue weighted by Gasteiger charge is 2.40. The van der Waals surface area contributed by atoms with Gasteiger partial charge in [0.2, 0.25) is 0 Å². The van der Waals surface area contributed by atoms with E-state index in [-0.39, 0.29) is 24.0 Å². The third-order valence-corrected chi connectivity index (χ3v) is 6.00. The van der Waals surface area contributed by atoms with E-state index in [4.69, 9.17) is 5.11 Å². The first-order chi connectivity index (χ1) is 14.0. The Hall–Kier alpha value is -2.69. The number of anilines is 1. The number of fused-ring (bicyclic) bond motifs is 5. The van der Waals surface area contributed by atoms with E-state index in [1.165, 1.54) is 16.7 Å². The number of Topliss-reactive ketones (excluding diaryl/α,β-unsaturated/α-hetero) is 1. The maximum atomic E-state index is 12.3. The summed E-state index contributed by atoms with van der Waals surface area (Å²) in [6.07, 6.45) is 0.557. The molecule has 0 saturated carbocycles. The van der Waals surface area contributed by atoms with Crippen LogP contribution in [0, 0.1) is 5.92 Å². The zero-order valence-corrected chi connectivity index (χ0v) is 17.7. The van der Waals surface area contributed by atoms with Crippen molar-refractivity contribution in [3.05, 3.63) is 65.2 Å². The zero-order valence-electron chi connectivity index (χ0n) is 17.7. The van der Waals surface area contributed by atoms with Crippen LogP contribution in [0.4, 0.5) is 5.69 Å². The van der Waals surface area contributed by atoms with Gasteiger partial charge in [0.15, 0.2) is 0 Å². The summed E-state index contributed by atoms with van der Waals surface area (Å²) in [4.78, 5) is 14.7. The maximum Gasteiger partial charge on any atom is 0.137 e. The fourth-order valence-corrected chi connectivity index (χ4v) is 4.36. The van der Waals surface area contributed by atoms with Gasteiger partial charge >= 0.3 is 0 Å². The van der Waals surface area contributed by atoms with E-state index < -0.39 is 0 Å². The van der Waals surface area contributed by atoms with Gasteiger partial charge in [-0.05, 0) is 31.0 Å². The summed E-state index contributed by atoms with van der Waals surface area (Å²) in [5.41, 5.74) is 4.92. The number of hydrogen-bond donors (Lipinski definition) is 0. The van der Waals surface area contributed by atoms with Gasteiger partial charge in [0, 0.05) is 42.7 Å². The second-order valence-electron chi connectivity index (χ2n) is 8.62. The van der Waals surface area contributed by atoms with Crippen LogP contribution in [0.3, 0.4) is 0 Å². The molecule has 2 aromatic carbocycles. The highest BCUT2D eigenvalue weighted by atomic mass is 16.1. The van der Waals surface area contributed by atoms with E-state index in [9.17, 15) is 4.79 Å². The number of carbonyl (C=O) groups excluding carboxylic acids is 1. The Bertz CT molecular complexity index is 921. The topological polar surface area (TPSA) is 48.3 Å². The molecule has 0 amide bonds. The molecule has 2 unspecified atom stereocenters. The summed E-state index contributed by atoms with van der Waals surface area (Å²) >= 11 is 0. The van der Waals surface area contributed by atoms with E-state index in [1.807, 2.05) is 13.8 Å². The van der Waals surface area contributed by atoms with Gasteiger partial charge in [-0.15, -0.1) is 0 Å². The monoisotopic (exact) mass is 390 g/mol. The van der Waals surface area contributed by atoms with Crippen LogP contribution in [0.15, 0.2) is 58.9 Å². The molecule has 2 aliphatic heterocycles. The number of rotatable bonds is 5. The fourth-order valence-electron chi connectivity index (χ4n) is 4.36. The summed E-state index contributed by atoms with van der Waals surface area (Å²) in [7, 11) is 0. The first kappa shape index (κ1) is 19.6. The van der Waals surface area contributed by atoms with Gasteiger partial charge in [0.25, 0.3) is 0 Å². The Morgan fingerprint density at radius 2 is 1.72 bits per heavy atom. The highest BCUT2D eigenvalue weighted by molar-refractivity contribution is 5.81. The Labute approximate surface area is 173 Å². The lowest BCUT2D eigenvalue weighted by molar-refractivity contribution is -0.121. The molecule has 0 spiro atoms. The lowest BCUT2D eigenvalue weighted by Gasteiger charge is -2.36. The minimum atomic E-state index is -0.0432. The molecule has 0 fully saturated rings. The Kier molecular flexibility index (Phi) is 5.39. The number of ketones is 1. The van der Waals surface area contributed by atoms with Gasteiger partial charge in [-0.2, -0.15) is 5.11 Å². The number of hydrogen-bond acceptors (Lipinski definition) is 5. The quantitative estimate of drug-likeness (QED) is 0.678. The van der Waals surface area contributed by atoms with Crippen molar-refractivity contribution in [3.63, 3.8) is 0 Å². The SMILES string of the molecule is CC(C)C(=O)CCN1Cc2ccccc2C2C(N=NN2C(C)C)c2ccccc21. The van der Waals surface area contributed by atoms with E-state index >= 15 is 0 Å². The molecule has 0 saturated heterocycles. The standard InChI is InChI=1S/C24H30N4O/c1-16(2)22(29)13-14-27-15-18-9-5-6-10-19(18)24-23(25-26-28(24)17(3)4)20-11-7-8-12-21(20)27/h5-12,16-17,23-24H,13-15H2,1-4H3. The van der Waals surface area contributed by atoms with Gasteiger partial charge in [-0.25, -0.2) is 0 Å². The second-order valence-corrected chi connectivity index (χ2v) is 8.62. The molecular formula is C24H30N4O. The first-order valence-electron chi connectivity index (χ1n) is 10.6. The van der Waals surface area contributed by atoms with Crippen molar-refractivity contribution in [3.8, 4) is 0 Å². The van der Waals surface area contributed by atoms with Crippen molar-refractivity contribution in [2.75, 3.05) is 11.4 Å².